The van der Waals surface area contributed by atoms with E-state index in [4.69, 9.17) is 9.84 Å². The molecule has 1 aliphatic rings. The fourth-order valence-electron chi connectivity index (χ4n) is 2.39. The highest BCUT2D eigenvalue weighted by molar-refractivity contribution is 8.18. The van der Waals surface area contributed by atoms with Crippen molar-refractivity contribution in [3.8, 4) is 5.75 Å². The van der Waals surface area contributed by atoms with E-state index in [0.717, 1.165) is 16.7 Å². The van der Waals surface area contributed by atoms with Crippen LogP contribution in [0.3, 0.4) is 0 Å². The van der Waals surface area contributed by atoms with Crippen LogP contribution >= 0.6 is 11.8 Å². The van der Waals surface area contributed by atoms with Gasteiger partial charge in [0, 0.05) is 5.56 Å². The number of amides is 2. The predicted octanol–water partition coefficient (Wildman–Crippen LogP) is 3.53. The molecular weight excluding hydrogens is 373 g/mol. The number of thioether (sulfide) groups is 1. The molecule has 27 heavy (non-hydrogen) atoms. The van der Waals surface area contributed by atoms with Crippen LogP contribution in [0, 0.1) is 5.82 Å². The topological polar surface area (TPSA) is 83.9 Å². The van der Waals surface area contributed by atoms with Gasteiger partial charge < -0.3 is 9.84 Å². The average molecular weight is 387 g/mol. The molecule has 0 saturated carbocycles. The van der Waals surface area contributed by atoms with Crippen molar-refractivity contribution in [3.05, 3.63) is 70.4 Å². The molecule has 1 aliphatic heterocycles. The minimum atomic E-state index is -1.08. The molecule has 2 amide bonds. The van der Waals surface area contributed by atoms with Gasteiger partial charge >= 0.3 is 5.97 Å². The maximum atomic E-state index is 13.8. The van der Waals surface area contributed by atoms with Crippen molar-refractivity contribution in [1.82, 2.24) is 4.90 Å². The van der Waals surface area contributed by atoms with Crippen LogP contribution in [-0.4, -0.2) is 33.7 Å². The summed E-state index contributed by atoms with van der Waals surface area (Å²) in [6.45, 7) is -0.578. The Hall–Kier alpha value is -3.13. The summed E-state index contributed by atoms with van der Waals surface area (Å²) in [5.74, 6) is -1.67. The Bertz CT molecular complexity index is 926. The van der Waals surface area contributed by atoms with E-state index >= 15 is 0 Å². The van der Waals surface area contributed by atoms with Crippen molar-refractivity contribution in [2.75, 3.05) is 6.61 Å². The van der Waals surface area contributed by atoms with Crippen LogP contribution in [0.2, 0.25) is 0 Å². The lowest BCUT2D eigenvalue weighted by atomic mass is 10.2. The first-order valence-corrected chi connectivity index (χ1v) is 8.69. The summed E-state index contributed by atoms with van der Waals surface area (Å²) >= 11 is 0.787. The zero-order chi connectivity index (χ0) is 19.4. The molecule has 8 heteroatoms. The smallest absolute Gasteiger partial charge is 0.341 e. The normalized spacial score (nSPS) is 15.4. The van der Waals surface area contributed by atoms with Gasteiger partial charge in [0.05, 0.1) is 11.4 Å². The van der Waals surface area contributed by atoms with Crippen LogP contribution in [0.4, 0.5) is 9.18 Å². The van der Waals surface area contributed by atoms with Gasteiger partial charge in [0.25, 0.3) is 11.1 Å². The van der Waals surface area contributed by atoms with Crippen LogP contribution < -0.4 is 4.74 Å². The van der Waals surface area contributed by atoms with Gasteiger partial charge in [-0.3, -0.25) is 14.5 Å². The summed E-state index contributed by atoms with van der Waals surface area (Å²) in [5, 5.41) is 8.12. The summed E-state index contributed by atoms with van der Waals surface area (Å²) in [7, 11) is 0. The Kier molecular flexibility index (Phi) is 5.56. The average Bonchev–Trinajstić information content (AvgIpc) is 2.90. The molecule has 0 radical (unpaired) electrons. The number of ether oxygens (including phenoxy) is 1. The second kappa shape index (κ2) is 8.05. The van der Waals surface area contributed by atoms with E-state index in [-0.39, 0.29) is 17.0 Å². The maximum absolute atomic E-state index is 13.8. The van der Waals surface area contributed by atoms with Gasteiger partial charge in [-0.05, 0) is 41.6 Å². The van der Waals surface area contributed by atoms with Crippen LogP contribution in [-0.2, 0) is 16.1 Å². The van der Waals surface area contributed by atoms with E-state index in [1.165, 1.54) is 18.2 Å². The molecule has 1 N–H and O–H groups in total. The summed E-state index contributed by atoms with van der Waals surface area (Å²) in [4.78, 5) is 36.3. The van der Waals surface area contributed by atoms with Crippen molar-refractivity contribution >= 4 is 35.0 Å². The summed E-state index contributed by atoms with van der Waals surface area (Å²) in [6.07, 6.45) is 1.55. The lowest BCUT2D eigenvalue weighted by molar-refractivity contribution is -0.139. The number of rotatable bonds is 6. The Balaban J connectivity index is 1.72. The number of benzene rings is 2. The maximum Gasteiger partial charge on any atom is 0.341 e. The molecule has 0 spiro atoms. The largest absolute Gasteiger partial charge is 0.482 e. The molecule has 3 rings (SSSR count). The Labute approximate surface area is 158 Å². The van der Waals surface area contributed by atoms with Crippen LogP contribution in [0.5, 0.6) is 5.75 Å². The van der Waals surface area contributed by atoms with Gasteiger partial charge in [-0.1, -0.05) is 30.3 Å². The van der Waals surface area contributed by atoms with Crippen molar-refractivity contribution < 1.29 is 28.6 Å². The van der Waals surface area contributed by atoms with E-state index in [2.05, 4.69) is 0 Å². The minimum Gasteiger partial charge on any atom is -0.482 e. The SMILES string of the molecule is O=C(O)COc1ccc(/C=C2/SC(=O)N(Cc3ccccc3F)C2=O)cc1. The first-order chi connectivity index (χ1) is 12.9. The Morgan fingerprint density at radius 2 is 1.85 bits per heavy atom. The highest BCUT2D eigenvalue weighted by Gasteiger charge is 2.35. The second-order valence-electron chi connectivity index (χ2n) is 5.61. The zero-order valence-corrected chi connectivity index (χ0v) is 14.7. The van der Waals surface area contributed by atoms with Crippen molar-refractivity contribution in [2.45, 2.75) is 6.54 Å². The van der Waals surface area contributed by atoms with Gasteiger partial charge in [-0.15, -0.1) is 0 Å². The molecule has 2 aromatic carbocycles. The quantitative estimate of drug-likeness (QED) is 0.764. The summed E-state index contributed by atoms with van der Waals surface area (Å²) in [5.41, 5.74) is 0.912. The summed E-state index contributed by atoms with van der Waals surface area (Å²) < 4.78 is 18.8. The van der Waals surface area contributed by atoms with Gasteiger partial charge in [-0.25, -0.2) is 9.18 Å². The fourth-order valence-corrected chi connectivity index (χ4v) is 3.23. The number of halogens is 1. The second-order valence-corrected chi connectivity index (χ2v) is 6.60. The molecule has 6 nitrogen and oxygen atoms in total. The Morgan fingerprint density at radius 1 is 1.15 bits per heavy atom. The van der Waals surface area contributed by atoms with E-state index < -0.39 is 29.5 Å². The standard InChI is InChI=1S/C19H14FNO5S/c20-15-4-2-1-3-13(15)10-21-18(24)16(27-19(21)25)9-12-5-7-14(8-6-12)26-11-17(22)23/h1-9H,10-11H2,(H,22,23)/b16-9+. The molecule has 1 fully saturated rings. The van der Waals surface area contributed by atoms with E-state index in [9.17, 15) is 18.8 Å². The van der Waals surface area contributed by atoms with E-state index in [0.29, 0.717) is 11.3 Å². The third-order valence-corrected chi connectivity index (χ3v) is 4.61. The van der Waals surface area contributed by atoms with Crippen LogP contribution in [0.15, 0.2) is 53.4 Å². The highest BCUT2D eigenvalue weighted by Crippen LogP contribution is 2.33. The molecule has 0 unspecified atom stereocenters. The number of aliphatic carboxylic acids is 1. The molecule has 138 valence electrons. The molecule has 0 aromatic heterocycles. The molecule has 2 aromatic rings. The number of carboxylic acid groups (broad SMARTS) is 1. The lowest BCUT2D eigenvalue weighted by Gasteiger charge is -2.12. The zero-order valence-electron chi connectivity index (χ0n) is 13.9. The van der Waals surface area contributed by atoms with Crippen molar-refractivity contribution in [2.24, 2.45) is 0 Å². The first kappa shape index (κ1) is 18.7. The number of carboxylic acids is 1. The molecule has 0 atom stereocenters. The predicted molar refractivity (Wildman–Crippen MR) is 97.5 cm³/mol. The van der Waals surface area contributed by atoms with Gasteiger partial charge in [0.2, 0.25) is 0 Å². The third kappa shape index (κ3) is 4.53. The number of carbonyl (C=O) groups excluding carboxylic acids is 2. The lowest BCUT2D eigenvalue weighted by Crippen LogP contribution is -2.27. The number of nitrogens with zero attached hydrogens (tertiary/aromatic N) is 1. The fraction of sp³-hybridized carbons (Fsp3) is 0.105. The Morgan fingerprint density at radius 3 is 2.52 bits per heavy atom. The highest BCUT2D eigenvalue weighted by atomic mass is 32.2. The van der Waals surface area contributed by atoms with E-state index in [1.807, 2.05) is 0 Å². The number of carbonyl (C=O) groups is 3. The number of imide groups is 1. The van der Waals surface area contributed by atoms with Crippen LogP contribution in [0.1, 0.15) is 11.1 Å². The molecule has 1 saturated heterocycles. The van der Waals surface area contributed by atoms with Crippen molar-refractivity contribution in [3.63, 3.8) is 0 Å². The van der Waals surface area contributed by atoms with Gasteiger partial charge in [0.15, 0.2) is 6.61 Å². The van der Waals surface area contributed by atoms with Gasteiger partial charge in [0.1, 0.15) is 11.6 Å². The monoisotopic (exact) mass is 387 g/mol. The summed E-state index contributed by atoms with van der Waals surface area (Å²) in [6, 6.07) is 12.4. The third-order valence-electron chi connectivity index (χ3n) is 3.70. The molecule has 0 aliphatic carbocycles. The van der Waals surface area contributed by atoms with Crippen molar-refractivity contribution in [1.29, 1.82) is 0 Å². The first-order valence-electron chi connectivity index (χ1n) is 7.87. The minimum absolute atomic E-state index is 0.128. The molecule has 1 heterocycles. The van der Waals surface area contributed by atoms with Gasteiger partial charge in [-0.2, -0.15) is 0 Å². The number of hydrogen-bond acceptors (Lipinski definition) is 5. The molecular formula is C19H14FNO5S. The van der Waals surface area contributed by atoms with Crippen LogP contribution in [0.25, 0.3) is 6.08 Å². The van der Waals surface area contributed by atoms with E-state index in [1.54, 1.807) is 36.4 Å². The molecule has 0 bridgehead atoms. The number of hydrogen-bond donors (Lipinski definition) is 1.